The summed E-state index contributed by atoms with van der Waals surface area (Å²) in [4.78, 5) is 24.5. The Morgan fingerprint density at radius 3 is 2.65 bits per heavy atom. The highest BCUT2D eigenvalue weighted by molar-refractivity contribution is 5.95. The summed E-state index contributed by atoms with van der Waals surface area (Å²) in [6.07, 6.45) is 0.636. The number of benzene rings is 2. The van der Waals surface area contributed by atoms with Gasteiger partial charge in [0.15, 0.2) is 0 Å². The highest BCUT2D eigenvalue weighted by Gasteiger charge is 2.18. The molecule has 1 amide bonds. The van der Waals surface area contributed by atoms with Crippen molar-refractivity contribution in [3.8, 4) is 5.75 Å². The van der Waals surface area contributed by atoms with Gasteiger partial charge in [-0.15, -0.1) is 0 Å². The Balaban J connectivity index is 1.86. The lowest BCUT2D eigenvalue weighted by Gasteiger charge is -2.13. The summed E-state index contributed by atoms with van der Waals surface area (Å²) in [7, 11) is 3.44. The topological polar surface area (TPSA) is 84.7 Å². The van der Waals surface area contributed by atoms with E-state index in [0.717, 1.165) is 11.3 Å². The van der Waals surface area contributed by atoms with Crippen LogP contribution in [0.1, 0.15) is 22.3 Å². The first-order chi connectivity index (χ1) is 12.4. The van der Waals surface area contributed by atoms with Crippen molar-refractivity contribution in [2.45, 2.75) is 13.3 Å². The van der Waals surface area contributed by atoms with Crippen molar-refractivity contribution in [2.24, 2.45) is 0 Å². The minimum Gasteiger partial charge on any atom is -0.494 e. The van der Waals surface area contributed by atoms with Crippen LogP contribution in [0.25, 0.3) is 0 Å². The third-order valence-corrected chi connectivity index (χ3v) is 3.78. The van der Waals surface area contributed by atoms with E-state index in [9.17, 15) is 14.9 Å². The molecule has 0 radical (unpaired) electrons. The lowest BCUT2D eigenvalue weighted by molar-refractivity contribution is -0.384. The van der Waals surface area contributed by atoms with Crippen LogP contribution in [0, 0.1) is 17.0 Å². The summed E-state index contributed by atoms with van der Waals surface area (Å²) in [6.45, 7) is 2.89. The Morgan fingerprint density at radius 2 is 2.00 bits per heavy atom. The predicted octanol–water partition coefficient (Wildman–Crippen LogP) is 3.17. The third kappa shape index (κ3) is 5.20. The number of anilines is 1. The lowest BCUT2D eigenvalue weighted by atomic mass is 10.1. The summed E-state index contributed by atoms with van der Waals surface area (Å²) in [5.74, 6) is 0.459. The van der Waals surface area contributed by atoms with Crippen molar-refractivity contribution in [2.75, 3.05) is 32.1 Å². The maximum absolute atomic E-state index is 12.2. The molecule has 2 aromatic carbocycles. The number of nitrogens with zero attached hydrogens (tertiary/aromatic N) is 2. The van der Waals surface area contributed by atoms with E-state index >= 15 is 0 Å². The van der Waals surface area contributed by atoms with Gasteiger partial charge in [-0.2, -0.15) is 0 Å². The van der Waals surface area contributed by atoms with E-state index in [4.69, 9.17) is 4.74 Å². The number of ether oxygens (including phenoxy) is 1. The second-order valence-electron chi connectivity index (χ2n) is 6.13. The largest absolute Gasteiger partial charge is 0.494 e. The van der Waals surface area contributed by atoms with Crippen molar-refractivity contribution in [3.63, 3.8) is 0 Å². The van der Waals surface area contributed by atoms with Gasteiger partial charge in [-0.3, -0.25) is 14.9 Å². The smallest absolute Gasteiger partial charge is 0.293 e. The zero-order valence-corrected chi connectivity index (χ0v) is 15.2. The Morgan fingerprint density at radius 1 is 1.23 bits per heavy atom. The second kappa shape index (κ2) is 8.84. The number of nitrogens with one attached hydrogen (secondary N) is 1. The van der Waals surface area contributed by atoms with E-state index < -0.39 is 4.92 Å². The minimum absolute atomic E-state index is 0.0922. The molecule has 0 saturated carbocycles. The molecule has 0 atom stereocenters. The van der Waals surface area contributed by atoms with Gasteiger partial charge in [-0.25, -0.2) is 0 Å². The quantitative estimate of drug-likeness (QED) is 0.446. The number of aryl methyl sites for hydroxylation is 1. The number of hydrogen-bond donors (Lipinski definition) is 1. The first kappa shape index (κ1) is 19.2. The summed E-state index contributed by atoms with van der Waals surface area (Å²) in [5, 5.41) is 13.9. The molecule has 2 aromatic rings. The molecule has 0 aliphatic rings. The molecule has 0 saturated heterocycles. The average molecular weight is 357 g/mol. The van der Waals surface area contributed by atoms with Gasteiger partial charge >= 0.3 is 0 Å². The maximum Gasteiger partial charge on any atom is 0.293 e. The van der Waals surface area contributed by atoms with Crippen LogP contribution in [0.15, 0.2) is 42.5 Å². The number of amides is 1. The van der Waals surface area contributed by atoms with Gasteiger partial charge in [0.05, 0.1) is 11.5 Å². The van der Waals surface area contributed by atoms with E-state index in [1.54, 1.807) is 31.1 Å². The molecule has 26 heavy (non-hydrogen) atoms. The molecular weight excluding hydrogens is 334 g/mol. The first-order valence-electron chi connectivity index (χ1n) is 8.32. The molecular formula is C19H23N3O4. The molecule has 0 aliphatic carbocycles. The first-order valence-corrected chi connectivity index (χ1v) is 8.32. The molecule has 0 bridgehead atoms. The molecule has 0 unspecified atom stereocenters. The van der Waals surface area contributed by atoms with Gasteiger partial charge in [-0.05, 0) is 43.2 Å². The fourth-order valence-electron chi connectivity index (χ4n) is 2.46. The van der Waals surface area contributed by atoms with E-state index in [2.05, 4.69) is 5.32 Å². The predicted molar refractivity (Wildman–Crippen MR) is 101 cm³/mol. The lowest BCUT2D eigenvalue weighted by Crippen LogP contribution is -2.25. The van der Waals surface area contributed by atoms with E-state index in [0.29, 0.717) is 25.3 Å². The van der Waals surface area contributed by atoms with Crippen LogP contribution in [0.2, 0.25) is 0 Å². The van der Waals surface area contributed by atoms with E-state index in [1.807, 2.05) is 31.2 Å². The number of rotatable bonds is 8. The fourth-order valence-corrected chi connectivity index (χ4v) is 2.46. The zero-order chi connectivity index (χ0) is 19.1. The van der Waals surface area contributed by atoms with Gasteiger partial charge in [-0.1, -0.05) is 12.1 Å². The molecule has 7 heteroatoms. The Hall–Kier alpha value is -3.09. The van der Waals surface area contributed by atoms with Crippen molar-refractivity contribution in [1.29, 1.82) is 0 Å². The summed E-state index contributed by atoms with van der Waals surface area (Å²) >= 11 is 0. The van der Waals surface area contributed by atoms with Crippen LogP contribution in [0.4, 0.5) is 11.4 Å². The van der Waals surface area contributed by atoms with E-state index in [-0.39, 0.29) is 17.2 Å². The molecule has 2 rings (SSSR count). The van der Waals surface area contributed by atoms with Crippen molar-refractivity contribution >= 4 is 17.3 Å². The summed E-state index contributed by atoms with van der Waals surface area (Å²) in [6, 6.07) is 12.2. The second-order valence-corrected chi connectivity index (χ2v) is 6.13. The maximum atomic E-state index is 12.2. The highest BCUT2D eigenvalue weighted by Crippen LogP contribution is 2.27. The van der Waals surface area contributed by atoms with E-state index in [1.165, 1.54) is 6.07 Å². The molecule has 1 N–H and O–H groups in total. The van der Waals surface area contributed by atoms with Crippen molar-refractivity contribution < 1.29 is 14.5 Å². The minimum atomic E-state index is -0.484. The molecule has 138 valence electrons. The van der Waals surface area contributed by atoms with Crippen molar-refractivity contribution in [1.82, 2.24) is 5.32 Å². The molecule has 7 nitrogen and oxygen atoms in total. The van der Waals surface area contributed by atoms with Gasteiger partial charge in [0.1, 0.15) is 11.4 Å². The Labute approximate surface area is 152 Å². The number of carbonyl (C=O) groups excluding carboxylic acids is 1. The number of nitro benzene ring substituents is 1. The Bertz CT molecular complexity index is 790. The molecule has 0 heterocycles. The molecule has 0 aliphatic heterocycles. The van der Waals surface area contributed by atoms with Gasteiger partial charge in [0, 0.05) is 32.3 Å². The van der Waals surface area contributed by atoms with Gasteiger partial charge in [0.25, 0.3) is 11.6 Å². The molecule has 0 fully saturated rings. The number of carbonyl (C=O) groups is 1. The van der Waals surface area contributed by atoms with Crippen LogP contribution < -0.4 is 15.0 Å². The number of nitro groups is 1. The Kier molecular flexibility index (Phi) is 6.54. The average Bonchev–Trinajstić information content (AvgIpc) is 2.60. The fraction of sp³-hybridized carbons (Fsp3) is 0.316. The van der Waals surface area contributed by atoms with Crippen molar-refractivity contribution in [3.05, 3.63) is 63.7 Å². The third-order valence-electron chi connectivity index (χ3n) is 3.78. The zero-order valence-electron chi connectivity index (χ0n) is 15.2. The molecule has 0 spiro atoms. The van der Waals surface area contributed by atoms with Gasteiger partial charge in [0.2, 0.25) is 0 Å². The van der Waals surface area contributed by atoms with Crippen LogP contribution in [-0.2, 0) is 0 Å². The summed E-state index contributed by atoms with van der Waals surface area (Å²) < 4.78 is 5.62. The standard InChI is InChI=1S/C19H23N3O4/c1-14-6-4-7-16(12-14)26-11-5-10-20-19(23)15-8-9-17(21(2)3)18(13-15)22(24)25/h4,6-9,12-13H,5,10-11H2,1-3H3,(H,20,23). The highest BCUT2D eigenvalue weighted by atomic mass is 16.6. The summed E-state index contributed by atoms with van der Waals surface area (Å²) in [5.41, 5.74) is 1.75. The number of hydrogen-bond acceptors (Lipinski definition) is 5. The van der Waals surface area contributed by atoms with Crippen LogP contribution in [0.5, 0.6) is 5.75 Å². The van der Waals surface area contributed by atoms with Gasteiger partial charge < -0.3 is 15.0 Å². The van der Waals surface area contributed by atoms with Crippen LogP contribution in [-0.4, -0.2) is 38.1 Å². The SMILES string of the molecule is Cc1cccc(OCCCNC(=O)c2ccc(N(C)C)c([N+](=O)[O-])c2)c1. The van der Waals surface area contributed by atoms with Crippen LogP contribution in [0.3, 0.4) is 0 Å². The monoisotopic (exact) mass is 357 g/mol. The van der Waals surface area contributed by atoms with Crippen LogP contribution >= 0.6 is 0 Å². The normalized spacial score (nSPS) is 10.3. The molecule has 0 aromatic heterocycles.